The molecular weight excluding hydrogens is 250 g/mol. The van der Waals surface area contributed by atoms with Crippen LogP contribution in [0.3, 0.4) is 0 Å². The van der Waals surface area contributed by atoms with Crippen LogP contribution in [-0.2, 0) is 0 Å². The fraction of sp³-hybridized carbons (Fsp3) is 0.417. The molecule has 2 rings (SSSR count). The van der Waals surface area contributed by atoms with E-state index in [1.165, 1.54) is 18.2 Å². The number of nitro groups is 1. The lowest BCUT2D eigenvalue weighted by molar-refractivity contribution is -0.385. The number of nitro benzene ring substituents is 1. The van der Waals surface area contributed by atoms with Crippen molar-refractivity contribution >= 4 is 11.6 Å². The minimum atomic E-state index is -0.637. The zero-order valence-corrected chi connectivity index (χ0v) is 10.3. The summed E-state index contributed by atoms with van der Waals surface area (Å²) in [5.41, 5.74) is 5.20. The highest BCUT2D eigenvalue weighted by Gasteiger charge is 2.20. The molecule has 0 radical (unpaired) electrons. The van der Waals surface area contributed by atoms with Gasteiger partial charge in [-0.15, -0.1) is 0 Å². The van der Waals surface area contributed by atoms with Gasteiger partial charge >= 0.3 is 5.69 Å². The average Bonchev–Trinajstić information content (AvgIpc) is 2.88. The molecule has 7 heteroatoms. The number of nitrogens with one attached hydrogen (secondary N) is 1. The predicted octanol–water partition coefficient (Wildman–Crippen LogP) is 0.682. The number of ether oxygens (including phenoxy) is 1. The summed E-state index contributed by atoms with van der Waals surface area (Å²) >= 11 is 0. The first-order valence-electron chi connectivity index (χ1n) is 5.99. The molecule has 1 aromatic rings. The standard InChI is InChI=1S/C12H15N3O4/c13-12(16)9-1-2-10(15(17)18)11(5-9)19-7-8-3-4-14-6-8/h1-2,5,8,14H,3-4,6-7H2,(H2,13,16). The molecule has 3 N–H and O–H groups in total. The van der Waals surface area contributed by atoms with Crippen LogP contribution >= 0.6 is 0 Å². The van der Waals surface area contributed by atoms with Crippen molar-refractivity contribution < 1.29 is 14.5 Å². The molecular formula is C12H15N3O4. The number of benzene rings is 1. The van der Waals surface area contributed by atoms with Gasteiger partial charge < -0.3 is 15.8 Å². The molecule has 1 unspecified atom stereocenters. The zero-order valence-electron chi connectivity index (χ0n) is 10.3. The van der Waals surface area contributed by atoms with Crippen LogP contribution in [0.1, 0.15) is 16.8 Å². The topological polar surface area (TPSA) is 107 Å². The maximum atomic E-state index is 11.1. The van der Waals surface area contributed by atoms with Gasteiger partial charge in [-0.3, -0.25) is 14.9 Å². The van der Waals surface area contributed by atoms with Crippen LogP contribution < -0.4 is 15.8 Å². The summed E-state index contributed by atoms with van der Waals surface area (Å²) in [6.45, 7) is 2.15. The maximum absolute atomic E-state index is 11.1. The van der Waals surface area contributed by atoms with Gasteiger partial charge in [0.1, 0.15) is 0 Å². The van der Waals surface area contributed by atoms with Gasteiger partial charge in [-0.25, -0.2) is 0 Å². The SMILES string of the molecule is NC(=O)c1ccc([N+](=O)[O-])c(OCC2CCNC2)c1. The Hall–Kier alpha value is -2.15. The van der Waals surface area contributed by atoms with Crippen molar-refractivity contribution in [2.24, 2.45) is 11.7 Å². The molecule has 1 amide bonds. The van der Waals surface area contributed by atoms with Crippen molar-refractivity contribution in [3.8, 4) is 5.75 Å². The molecule has 0 spiro atoms. The van der Waals surface area contributed by atoms with Gasteiger partial charge in [0.25, 0.3) is 0 Å². The Bertz CT molecular complexity index is 498. The van der Waals surface area contributed by atoms with Crippen molar-refractivity contribution in [2.75, 3.05) is 19.7 Å². The van der Waals surface area contributed by atoms with Crippen molar-refractivity contribution in [3.05, 3.63) is 33.9 Å². The third-order valence-corrected chi connectivity index (χ3v) is 3.08. The van der Waals surface area contributed by atoms with E-state index in [4.69, 9.17) is 10.5 Å². The van der Waals surface area contributed by atoms with Gasteiger partial charge in [-0.2, -0.15) is 0 Å². The third-order valence-electron chi connectivity index (χ3n) is 3.08. The molecule has 1 atom stereocenters. The van der Waals surface area contributed by atoms with Crippen molar-refractivity contribution in [1.29, 1.82) is 0 Å². The molecule has 0 aliphatic carbocycles. The van der Waals surface area contributed by atoms with E-state index in [0.29, 0.717) is 12.5 Å². The predicted molar refractivity (Wildman–Crippen MR) is 68.1 cm³/mol. The van der Waals surface area contributed by atoms with Crippen LogP contribution in [-0.4, -0.2) is 30.5 Å². The highest BCUT2D eigenvalue weighted by Crippen LogP contribution is 2.28. The normalized spacial score (nSPS) is 18.2. The summed E-state index contributed by atoms with van der Waals surface area (Å²) in [6.07, 6.45) is 0.976. The fourth-order valence-electron chi connectivity index (χ4n) is 2.00. The highest BCUT2D eigenvalue weighted by atomic mass is 16.6. The molecule has 0 aromatic heterocycles. The Morgan fingerprint density at radius 3 is 2.95 bits per heavy atom. The Kier molecular flexibility index (Phi) is 3.96. The minimum absolute atomic E-state index is 0.0909. The molecule has 0 saturated carbocycles. The van der Waals surface area contributed by atoms with Crippen molar-refractivity contribution in [1.82, 2.24) is 5.32 Å². The largest absolute Gasteiger partial charge is 0.486 e. The van der Waals surface area contributed by atoms with Crippen LogP contribution in [0.15, 0.2) is 18.2 Å². The quantitative estimate of drug-likeness (QED) is 0.601. The lowest BCUT2D eigenvalue weighted by atomic mass is 10.1. The summed E-state index contributed by atoms with van der Waals surface area (Å²) in [7, 11) is 0. The lowest BCUT2D eigenvalue weighted by Crippen LogP contribution is -2.16. The first-order valence-corrected chi connectivity index (χ1v) is 5.99. The molecule has 1 fully saturated rings. The second-order valence-electron chi connectivity index (χ2n) is 4.47. The van der Waals surface area contributed by atoms with E-state index < -0.39 is 10.8 Å². The molecule has 1 saturated heterocycles. The van der Waals surface area contributed by atoms with Gasteiger partial charge in [0, 0.05) is 30.2 Å². The number of nitrogens with zero attached hydrogens (tertiary/aromatic N) is 1. The molecule has 1 heterocycles. The number of amides is 1. The molecule has 7 nitrogen and oxygen atoms in total. The van der Waals surface area contributed by atoms with Crippen LogP contribution in [0.5, 0.6) is 5.75 Å². The number of nitrogens with two attached hydrogens (primary N) is 1. The Balaban J connectivity index is 2.16. The average molecular weight is 265 g/mol. The van der Waals surface area contributed by atoms with Crippen LogP contribution in [0.25, 0.3) is 0 Å². The van der Waals surface area contributed by atoms with Crippen molar-refractivity contribution in [3.63, 3.8) is 0 Å². The van der Waals surface area contributed by atoms with Gasteiger partial charge in [0.2, 0.25) is 5.91 Å². The van der Waals surface area contributed by atoms with Crippen LogP contribution in [0, 0.1) is 16.0 Å². The summed E-state index contributed by atoms with van der Waals surface area (Å²) in [5.74, 6) is -0.215. The molecule has 0 bridgehead atoms. The minimum Gasteiger partial charge on any atom is -0.486 e. The Morgan fingerprint density at radius 2 is 2.37 bits per heavy atom. The van der Waals surface area contributed by atoms with Gasteiger partial charge in [0.05, 0.1) is 11.5 Å². The van der Waals surface area contributed by atoms with Gasteiger partial charge in [0.15, 0.2) is 5.75 Å². The van der Waals surface area contributed by atoms with Crippen molar-refractivity contribution in [2.45, 2.75) is 6.42 Å². The number of hydrogen-bond acceptors (Lipinski definition) is 5. The van der Waals surface area contributed by atoms with E-state index >= 15 is 0 Å². The maximum Gasteiger partial charge on any atom is 0.310 e. The van der Waals surface area contributed by atoms with E-state index in [0.717, 1.165) is 19.5 Å². The fourth-order valence-corrected chi connectivity index (χ4v) is 2.00. The summed E-state index contributed by atoms with van der Waals surface area (Å²) < 4.78 is 5.48. The molecule has 1 aliphatic rings. The smallest absolute Gasteiger partial charge is 0.310 e. The zero-order chi connectivity index (χ0) is 13.8. The van der Waals surface area contributed by atoms with Gasteiger partial charge in [-0.05, 0) is 19.0 Å². The van der Waals surface area contributed by atoms with E-state index in [1.54, 1.807) is 0 Å². The third kappa shape index (κ3) is 3.19. The van der Waals surface area contributed by atoms with E-state index in [9.17, 15) is 14.9 Å². The Morgan fingerprint density at radius 1 is 1.58 bits per heavy atom. The second kappa shape index (κ2) is 5.66. The van der Waals surface area contributed by atoms with Crippen LogP contribution in [0.4, 0.5) is 5.69 Å². The summed E-state index contributed by atoms with van der Waals surface area (Å²) in [4.78, 5) is 21.4. The number of primary amides is 1. The number of carbonyl (C=O) groups is 1. The summed E-state index contributed by atoms with van der Waals surface area (Å²) in [6, 6.07) is 3.88. The summed E-state index contributed by atoms with van der Waals surface area (Å²) in [5, 5.41) is 14.1. The van der Waals surface area contributed by atoms with E-state index in [1.807, 2.05) is 0 Å². The molecule has 1 aromatic carbocycles. The molecule has 19 heavy (non-hydrogen) atoms. The Labute approximate surface area is 109 Å². The van der Waals surface area contributed by atoms with Crippen LogP contribution in [0.2, 0.25) is 0 Å². The van der Waals surface area contributed by atoms with Gasteiger partial charge in [-0.1, -0.05) is 0 Å². The lowest BCUT2D eigenvalue weighted by Gasteiger charge is -2.11. The second-order valence-corrected chi connectivity index (χ2v) is 4.47. The molecule has 102 valence electrons. The number of hydrogen-bond donors (Lipinski definition) is 2. The number of rotatable bonds is 5. The number of carbonyl (C=O) groups excluding carboxylic acids is 1. The monoisotopic (exact) mass is 265 g/mol. The van der Waals surface area contributed by atoms with E-state index in [2.05, 4.69) is 5.32 Å². The first-order chi connectivity index (χ1) is 9.08. The highest BCUT2D eigenvalue weighted by molar-refractivity contribution is 5.93. The van der Waals surface area contributed by atoms with E-state index in [-0.39, 0.29) is 17.0 Å². The molecule has 1 aliphatic heterocycles. The first kappa shape index (κ1) is 13.3.